The monoisotopic (exact) mass is 422 g/mol. The second-order valence-corrected chi connectivity index (χ2v) is 7.07. The van der Waals surface area contributed by atoms with E-state index in [2.05, 4.69) is 11.6 Å². The molecule has 0 saturated carbocycles. The quantitative estimate of drug-likeness (QED) is 0.447. The molecule has 2 aromatic carbocycles. The summed E-state index contributed by atoms with van der Waals surface area (Å²) in [6.07, 6.45) is 3.06. The lowest BCUT2D eigenvalue weighted by Crippen LogP contribution is -2.39. The molecule has 0 bridgehead atoms. The predicted octanol–water partition coefficient (Wildman–Crippen LogP) is 3.25. The van der Waals surface area contributed by atoms with Gasteiger partial charge in [-0.1, -0.05) is 41.9 Å². The van der Waals surface area contributed by atoms with E-state index in [0.29, 0.717) is 28.5 Å². The Hall–Kier alpha value is -3.58. The number of halogens is 1. The van der Waals surface area contributed by atoms with Gasteiger partial charge in [0.2, 0.25) is 0 Å². The number of methoxy groups -OCH3 is 1. The highest BCUT2D eigenvalue weighted by Gasteiger charge is 2.19. The molecule has 4 aromatic rings. The molecule has 152 valence electrons. The maximum atomic E-state index is 13.2. The van der Waals surface area contributed by atoms with Crippen LogP contribution in [-0.4, -0.2) is 25.8 Å². The number of rotatable bonds is 6. The van der Waals surface area contributed by atoms with E-state index in [0.717, 1.165) is 10.1 Å². The van der Waals surface area contributed by atoms with Crippen LogP contribution in [0.1, 0.15) is 5.56 Å². The molecule has 0 saturated heterocycles. The molecule has 0 aliphatic rings. The maximum Gasteiger partial charge on any atom is 0.337 e. The summed E-state index contributed by atoms with van der Waals surface area (Å²) in [6, 6.07) is 14.4. The van der Waals surface area contributed by atoms with Gasteiger partial charge in [-0.25, -0.2) is 14.3 Å². The number of nitrogens with zero attached hydrogens (tertiary/aromatic N) is 4. The number of hydrogen-bond acceptors (Lipinski definition) is 4. The van der Waals surface area contributed by atoms with Gasteiger partial charge in [-0.05, 0) is 23.8 Å². The Morgan fingerprint density at radius 3 is 2.70 bits per heavy atom. The van der Waals surface area contributed by atoms with Crippen LogP contribution in [0.3, 0.4) is 0 Å². The van der Waals surface area contributed by atoms with Crippen LogP contribution in [0.4, 0.5) is 0 Å². The van der Waals surface area contributed by atoms with Crippen LogP contribution in [0, 0.1) is 0 Å². The van der Waals surface area contributed by atoms with Crippen molar-refractivity contribution in [3.63, 3.8) is 0 Å². The van der Waals surface area contributed by atoms with E-state index >= 15 is 0 Å². The van der Waals surface area contributed by atoms with Gasteiger partial charge in [-0.3, -0.25) is 9.36 Å². The molecule has 0 spiro atoms. The summed E-state index contributed by atoms with van der Waals surface area (Å²) in [5.41, 5.74) is 1.03. The first-order valence-electron chi connectivity index (χ1n) is 9.24. The van der Waals surface area contributed by atoms with E-state index in [9.17, 15) is 9.59 Å². The van der Waals surface area contributed by atoms with Crippen LogP contribution in [-0.2, 0) is 13.1 Å². The number of hydrogen-bond donors (Lipinski definition) is 0. The van der Waals surface area contributed by atoms with Crippen molar-refractivity contribution in [1.29, 1.82) is 0 Å². The molecule has 2 heterocycles. The molecule has 0 N–H and O–H groups in total. The molecule has 0 atom stereocenters. The highest BCUT2D eigenvalue weighted by Crippen LogP contribution is 2.21. The first kappa shape index (κ1) is 19.7. The van der Waals surface area contributed by atoms with Crippen molar-refractivity contribution < 1.29 is 4.74 Å². The van der Waals surface area contributed by atoms with E-state index in [-0.39, 0.29) is 12.2 Å². The summed E-state index contributed by atoms with van der Waals surface area (Å²) >= 11 is 6.30. The normalized spacial score (nSPS) is 11.0. The van der Waals surface area contributed by atoms with Crippen LogP contribution in [0.5, 0.6) is 5.75 Å². The zero-order valence-electron chi connectivity index (χ0n) is 16.3. The molecule has 0 aliphatic heterocycles. The Morgan fingerprint density at radius 1 is 1.17 bits per heavy atom. The molecule has 7 nitrogen and oxygen atoms in total. The van der Waals surface area contributed by atoms with E-state index in [1.54, 1.807) is 48.3 Å². The average molecular weight is 423 g/mol. The summed E-state index contributed by atoms with van der Waals surface area (Å²) in [4.78, 5) is 30.8. The van der Waals surface area contributed by atoms with Crippen molar-refractivity contribution in [2.75, 3.05) is 7.11 Å². The van der Waals surface area contributed by atoms with Crippen LogP contribution < -0.4 is 16.0 Å². The fourth-order valence-electron chi connectivity index (χ4n) is 3.38. The number of imidazole rings is 1. The summed E-state index contributed by atoms with van der Waals surface area (Å²) < 4.78 is 9.54. The third-order valence-corrected chi connectivity index (χ3v) is 5.19. The smallest absolute Gasteiger partial charge is 0.337 e. The van der Waals surface area contributed by atoms with E-state index in [4.69, 9.17) is 16.3 Å². The summed E-state index contributed by atoms with van der Waals surface area (Å²) in [5.74, 6) is 0.588. The number of aromatic nitrogens is 4. The van der Waals surface area contributed by atoms with Crippen LogP contribution in [0.15, 0.2) is 77.1 Å². The van der Waals surface area contributed by atoms with E-state index in [1.807, 2.05) is 18.2 Å². The van der Waals surface area contributed by atoms with Gasteiger partial charge in [0.15, 0.2) is 11.2 Å². The third-order valence-electron chi connectivity index (χ3n) is 4.82. The van der Waals surface area contributed by atoms with Gasteiger partial charge in [0, 0.05) is 17.6 Å². The fraction of sp³-hybridized carbons (Fsp3) is 0.136. The Labute approximate surface area is 177 Å². The Kier molecular flexibility index (Phi) is 5.29. The van der Waals surface area contributed by atoms with Crippen LogP contribution in [0.25, 0.3) is 16.9 Å². The number of ether oxygens (including phenoxy) is 1. The van der Waals surface area contributed by atoms with Crippen molar-refractivity contribution in [1.82, 2.24) is 18.7 Å². The van der Waals surface area contributed by atoms with Gasteiger partial charge in [-0.15, -0.1) is 6.58 Å². The first-order chi connectivity index (χ1) is 14.5. The van der Waals surface area contributed by atoms with Gasteiger partial charge in [0.1, 0.15) is 5.75 Å². The van der Waals surface area contributed by atoms with Crippen molar-refractivity contribution >= 4 is 22.8 Å². The van der Waals surface area contributed by atoms with Crippen molar-refractivity contribution in [2.45, 2.75) is 13.1 Å². The van der Waals surface area contributed by atoms with Crippen molar-refractivity contribution in [3.05, 3.63) is 98.9 Å². The lowest BCUT2D eigenvalue weighted by molar-refractivity contribution is 0.414. The number of allylic oxidation sites excluding steroid dienone is 1. The second kappa shape index (κ2) is 8.04. The Balaban J connectivity index is 2.01. The van der Waals surface area contributed by atoms with E-state index < -0.39 is 11.2 Å². The zero-order valence-corrected chi connectivity index (χ0v) is 17.0. The Bertz CT molecular complexity index is 1370. The molecule has 0 aliphatic carbocycles. The topological polar surface area (TPSA) is 71.1 Å². The fourth-order valence-corrected chi connectivity index (χ4v) is 3.58. The molecular formula is C22H19ClN4O3. The number of fused-ring (bicyclic) bond motifs is 1. The summed E-state index contributed by atoms with van der Waals surface area (Å²) in [7, 11) is 1.55. The van der Waals surface area contributed by atoms with Crippen LogP contribution in [0.2, 0.25) is 5.02 Å². The van der Waals surface area contributed by atoms with E-state index in [1.165, 1.54) is 10.6 Å². The first-order valence-corrected chi connectivity index (χ1v) is 9.62. The minimum Gasteiger partial charge on any atom is -0.497 e. The third kappa shape index (κ3) is 3.33. The van der Waals surface area contributed by atoms with Gasteiger partial charge in [0.25, 0.3) is 5.56 Å². The van der Waals surface area contributed by atoms with Crippen molar-refractivity contribution in [2.24, 2.45) is 0 Å². The van der Waals surface area contributed by atoms with Gasteiger partial charge in [0.05, 0.1) is 25.7 Å². The predicted molar refractivity (Wildman–Crippen MR) is 117 cm³/mol. The largest absolute Gasteiger partial charge is 0.497 e. The lowest BCUT2D eigenvalue weighted by Gasteiger charge is -2.13. The highest BCUT2D eigenvalue weighted by molar-refractivity contribution is 6.31. The summed E-state index contributed by atoms with van der Waals surface area (Å²) in [5, 5.41) is 0.590. The van der Waals surface area contributed by atoms with Gasteiger partial charge >= 0.3 is 5.69 Å². The molecule has 0 unspecified atom stereocenters. The minimum absolute atomic E-state index is 0.0782. The van der Waals surface area contributed by atoms with Crippen molar-refractivity contribution in [3.8, 4) is 11.4 Å². The SMILES string of the molecule is C=CCn1c(=O)c2c(ncn2Cc2ccccc2Cl)n(-c2cccc(OC)c2)c1=O. The average Bonchev–Trinajstić information content (AvgIpc) is 3.16. The molecule has 0 fully saturated rings. The summed E-state index contributed by atoms with van der Waals surface area (Å²) in [6.45, 7) is 4.09. The molecule has 2 aromatic heterocycles. The molecule has 4 rings (SSSR count). The van der Waals surface area contributed by atoms with Crippen LogP contribution >= 0.6 is 11.6 Å². The standard InChI is InChI=1S/C22H19ClN4O3/c1-3-11-26-21(28)19-20(24-14-25(19)13-15-7-4-5-10-18(15)23)27(22(26)29)16-8-6-9-17(12-16)30-2/h3-10,12,14H,1,11,13H2,2H3. The lowest BCUT2D eigenvalue weighted by atomic mass is 10.2. The molecule has 0 amide bonds. The second-order valence-electron chi connectivity index (χ2n) is 6.66. The Morgan fingerprint density at radius 2 is 1.97 bits per heavy atom. The van der Waals surface area contributed by atoms with Gasteiger partial charge in [-0.2, -0.15) is 0 Å². The molecule has 0 radical (unpaired) electrons. The number of benzene rings is 2. The molecule has 8 heteroatoms. The highest BCUT2D eigenvalue weighted by atomic mass is 35.5. The zero-order chi connectivity index (χ0) is 21.3. The maximum absolute atomic E-state index is 13.2. The molecular weight excluding hydrogens is 404 g/mol. The molecule has 30 heavy (non-hydrogen) atoms. The van der Waals surface area contributed by atoms with Gasteiger partial charge < -0.3 is 9.30 Å². The minimum atomic E-state index is -0.497.